The number of nitro groups is 1. The molecular formula is C11H9ClN4O3. The van der Waals surface area contributed by atoms with Crippen LogP contribution >= 0.6 is 11.6 Å². The third-order valence-corrected chi connectivity index (χ3v) is 2.84. The topological polar surface area (TPSA) is 90.1 Å². The molecule has 0 radical (unpaired) electrons. The van der Waals surface area contributed by atoms with Gasteiger partial charge in [-0.15, -0.1) is 0 Å². The van der Waals surface area contributed by atoms with E-state index >= 15 is 0 Å². The highest BCUT2D eigenvalue weighted by Gasteiger charge is 2.12. The summed E-state index contributed by atoms with van der Waals surface area (Å²) in [7, 11) is 1.61. The summed E-state index contributed by atoms with van der Waals surface area (Å²) in [5.74, 6) is 0. The largest absolute Gasteiger partial charge is 0.385 e. The molecule has 1 aromatic heterocycles. The van der Waals surface area contributed by atoms with Crippen molar-refractivity contribution in [2.75, 3.05) is 12.4 Å². The molecule has 7 nitrogen and oxygen atoms in total. The van der Waals surface area contributed by atoms with Crippen molar-refractivity contribution >= 4 is 23.0 Å². The quantitative estimate of drug-likeness (QED) is 0.684. The molecular weight excluding hydrogens is 272 g/mol. The fraction of sp³-hybridized carbons (Fsp3) is 0.0909. The first-order valence-corrected chi connectivity index (χ1v) is 5.63. The summed E-state index contributed by atoms with van der Waals surface area (Å²) in [6, 6.07) is 5.60. The molecule has 0 saturated carbocycles. The van der Waals surface area contributed by atoms with Crippen LogP contribution in [0.15, 0.2) is 35.3 Å². The van der Waals surface area contributed by atoms with Crippen LogP contribution in [0.5, 0.6) is 0 Å². The maximum absolute atomic E-state index is 12.0. The molecule has 0 amide bonds. The molecule has 0 aliphatic rings. The van der Waals surface area contributed by atoms with Gasteiger partial charge < -0.3 is 5.32 Å². The minimum absolute atomic E-state index is 0.0241. The van der Waals surface area contributed by atoms with Gasteiger partial charge in [0.2, 0.25) is 0 Å². The molecule has 19 heavy (non-hydrogen) atoms. The van der Waals surface area contributed by atoms with Gasteiger partial charge in [0.15, 0.2) is 0 Å². The highest BCUT2D eigenvalue weighted by atomic mass is 35.5. The average Bonchev–Trinajstić information content (AvgIpc) is 2.42. The molecule has 0 unspecified atom stereocenters. The van der Waals surface area contributed by atoms with Crippen LogP contribution in [-0.2, 0) is 0 Å². The van der Waals surface area contributed by atoms with E-state index in [-0.39, 0.29) is 16.4 Å². The molecule has 8 heteroatoms. The van der Waals surface area contributed by atoms with Crippen molar-refractivity contribution < 1.29 is 4.92 Å². The van der Waals surface area contributed by atoms with Crippen molar-refractivity contribution in [1.29, 1.82) is 0 Å². The first kappa shape index (κ1) is 13.0. The number of hydrogen-bond donors (Lipinski definition) is 1. The number of halogens is 1. The molecule has 0 bridgehead atoms. The third kappa shape index (κ3) is 2.41. The van der Waals surface area contributed by atoms with Gasteiger partial charge >= 0.3 is 0 Å². The fourth-order valence-corrected chi connectivity index (χ4v) is 1.75. The summed E-state index contributed by atoms with van der Waals surface area (Å²) >= 11 is 5.88. The van der Waals surface area contributed by atoms with Gasteiger partial charge in [-0.3, -0.25) is 14.9 Å². The minimum Gasteiger partial charge on any atom is -0.385 e. The highest BCUT2D eigenvalue weighted by Crippen LogP contribution is 2.18. The van der Waals surface area contributed by atoms with E-state index in [0.717, 1.165) is 4.68 Å². The standard InChI is InChI=1S/C11H9ClN4O3/c1-13-9-6-14-15(11(17)10(9)12)7-3-2-4-8(5-7)16(18)19/h2-6,13H,1H3. The molecule has 98 valence electrons. The van der Waals surface area contributed by atoms with Crippen LogP contribution in [0.1, 0.15) is 0 Å². The number of nitrogens with one attached hydrogen (secondary N) is 1. The van der Waals surface area contributed by atoms with Crippen LogP contribution in [0.25, 0.3) is 5.69 Å². The number of benzene rings is 1. The van der Waals surface area contributed by atoms with E-state index in [4.69, 9.17) is 11.6 Å². The number of hydrogen-bond acceptors (Lipinski definition) is 5. The Morgan fingerprint density at radius 1 is 1.47 bits per heavy atom. The first-order valence-electron chi connectivity index (χ1n) is 5.25. The fourth-order valence-electron chi connectivity index (χ4n) is 1.53. The molecule has 2 aromatic rings. The number of rotatable bonds is 3. The normalized spacial score (nSPS) is 10.2. The first-order chi connectivity index (χ1) is 9.04. The van der Waals surface area contributed by atoms with Gasteiger partial charge in [-0.25, -0.2) is 0 Å². The van der Waals surface area contributed by atoms with E-state index in [0.29, 0.717) is 5.69 Å². The van der Waals surface area contributed by atoms with E-state index in [2.05, 4.69) is 10.4 Å². The molecule has 1 heterocycles. The molecule has 0 spiro atoms. The molecule has 1 aromatic carbocycles. The Hall–Kier alpha value is -2.41. The van der Waals surface area contributed by atoms with Crippen LogP contribution in [0.3, 0.4) is 0 Å². The molecule has 0 saturated heterocycles. The van der Waals surface area contributed by atoms with Crippen molar-refractivity contribution in [3.63, 3.8) is 0 Å². The summed E-state index contributed by atoms with van der Waals surface area (Å²) < 4.78 is 1.01. The second-order valence-corrected chi connectivity index (χ2v) is 3.99. The number of aromatic nitrogens is 2. The summed E-state index contributed by atoms with van der Waals surface area (Å²) in [5.41, 5.74) is 0.00568. The van der Waals surface area contributed by atoms with E-state index in [1.54, 1.807) is 7.05 Å². The van der Waals surface area contributed by atoms with Crippen LogP contribution in [0.4, 0.5) is 11.4 Å². The number of nitro benzene ring substituents is 1. The van der Waals surface area contributed by atoms with Crippen molar-refractivity contribution in [2.24, 2.45) is 0 Å². The van der Waals surface area contributed by atoms with E-state index < -0.39 is 10.5 Å². The maximum Gasteiger partial charge on any atom is 0.292 e. The smallest absolute Gasteiger partial charge is 0.292 e. The molecule has 1 N–H and O–H groups in total. The zero-order chi connectivity index (χ0) is 14.0. The van der Waals surface area contributed by atoms with E-state index in [1.165, 1.54) is 30.5 Å². The monoisotopic (exact) mass is 280 g/mol. The summed E-state index contributed by atoms with van der Waals surface area (Å²) in [5, 5.41) is 17.3. The van der Waals surface area contributed by atoms with E-state index in [9.17, 15) is 14.9 Å². The van der Waals surface area contributed by atoms with Crippen LogP contribution < -0.4 is 10.9 Å². The van der Waals surface area contributed by atoms with Gasteiger partial charge in [0.1, 0.15) is 5.02 Å². The summed E-state index contributed by atoms with van der Waals surface area (Å²) in [4.78, 5) is 22.1. The molecule has 0 fully saturated rings. The van der Waals surface area contributed by atoms with Gasteiger partial charge in [-0.1, -0.05) is 17.7 Å². The maximum atomic E-state index is 12.0. The Kier molecular flexibility index (Phi) is 3.48. The zero-order valence-electron chi connectivity index (χ0n) is 9.83. The van der Waals surface area contributed by atoms with Crippen molar-refractivity contribution in [2.45, 2.75) is 0 Å². The van der Waals surface area contributed by atoms with Crippen molar-refractivity contribution in [3.8, 4) is 5.69 Å². The Morgan fingerprint density at radius 2 is 2.21 bits per heavy atom. The predicted molar refractivity (Wildman–Crippen MR) is 71.0 cm³/mol. The predicted octanol–water partition coefficient (Wildman–Crippen LogP) is 1.84. The Bertz CT molecular complexity index is 699. The SMILES string of the molecule is CNc1cnn(-c2cccc([N+](=O)[O-])c2)c(=O)c1Cl. The van der Waals surface area contributed by atoms with Gasteiger partial charge in [-0.05, 0) is 6.07 Å². The lowest BCUT2D eigenvalue weighted by molar-refractivity contribution is -0.384. The van der Waals surface area contributed by atoms with Gasteiger partial charge in [-0.2, -0.15) is 9.78 Å². The molecule has 0 atom stereocenters. The second kappa shape index (κ2) is 5.07. The molecule has 2 rings (SSSR count). The third-order valence-electron chi connectivity index (χ3n) is 2.47. The van der Waals surface area contributed by atoms with E-state index in [1.807, 2.05) is 0 Å². The van der Waals surface area contributed by atoms with Crippen LogP contribution in [-0.4, -0.2) is 21.8 Å². The Balaban J connectivity index is 2.60. The summed E-state index contributed by atoms with van der Waals surface area (Å²) in [6.07, 6.45) is 1.38. The number of non-ortho nitro benzene ring substituents is 1. The average molecular weight is 281 g/mol. The lowest BCUT2D eigenvalue weighted by atomic mass is 10.3. The number of nitrogens with zero attached hydrogens (tertiary/aromatic N) is 3. The minimum atomic E-state index is -0.547. The van der Waals surface area contributed by atoms with Gasteiger partial charge in [0.25, 0.3) is 11.2 Å². The van der Waals surface area contributed by atoms with Crippen molar-refractivity contribution in [3.05, 3.63) is 56.0 Å². The summed E-state index contributed by atoms with van der Waals surface area (Å²) in [6.45, 7) is 0. The number of anilines is 1. The lowest BCUT2D eigenvalue weighted by Crippen LogP contribution is -2.22. The van der Waals surface area contributed by atoms with Gasteiger partial charge in [0, 0.05) is 19.2 Å². The van der Waals surface area contributed by atoms with Crippen molar-refractivity contribution in [1.82, 2.24) is 9.78 Å². The van der Waals surface area contributed by atoms with Crippen LogP contribution in [0.2, 0.25) is 5.02 Å². The van der Waals surface area contributed by atoms with Gasteiger partial charge in [0.05, 0.1) is 22.5 Å². The Labute approximate surface area is 112 Å². The highest BCUT2D eigenvalue weighted by molar-refractivity contribution is 6.32. The zero-order valence-corrected chi connectivity index (χ0v) is 10.6. The Morgan fingerprint density at radius 3 is 2.84 bits per heavy atom. The molecule has 0 aliphatic carbocycles. The lowest BCUT2D eigenvalue weighted by Gasteiger charge is -2.07. The second-order valence-electron chi connectivity index (χ2n) is 3.62. The molecule has 0 aliphatic heterocycles. The van der Waals surface area contributed by atoms with Crippen LogP contribution in [0, 0.1) is 10.1 Å².